The number of carbonyl (C=O) groups is 2. The highest BCUT2D eigenvalue weighted by atomic mass is 16.7. The van der Waals surface area contributed by atoms with Gasteiger partial charge >= 0.3 is 7.12 Å². The van der Waals surface area contributed by atoms with Crippen LogP contribution in [0.5, 0.6) is 0 Å². The quantitative estimate of drug-likeness (QED) is 0.535. The lowest BCUT2D eigenvalue weighted by atomic mass is 9.75. The summed E-state index contributed by atoms with van der Waals surface area (Å²) in [5.41, 5.74) is -1.83. The van der Waals surface area contributed by atoms with Crippen molar-refractivity contribution >= 4 is 18.9 Å². The lowest BCUT2D eigenvalue weighted by Crippen LogP contribution is -2.61. The first-order valence-electron chi connectivity index (χ1n) is 11.1. The van der Waals surface area contributed by atoms with Gasteiger partial charge in [0, 0.05) is 12.5 Å². The summed E-state index contributed by atoms with van der Waals surface area (Å²) in [6.45, 7) is 15.7. The maximum Gasteiger partial charge on any atom is 0.457 e. The molecule has 0 aromatic carbocycles. The molecule has 166 valence electrons. The molecule has 1 heterocycles. The molecule has 0 radical (unpaired) electrons. The van der Waals surface area contributed by atoms with E-state index in [1.807, 2.05) is 20.8 Å². The summed E-state index contributed by atoms with van der Waals surface area (Å²) in [6, 6.07) is 0. The van der Waals surface area contributed by atoms with E-state index in [0.29, 0.717) is 18.8 Å². The molecular formula is C22H41BN2O4. The molecule has 2 amide bonds. The van der Waals surface area contributed by atoms with Gasteiger partial charge in [0.15, 0.2) is 0 Å². The van der Waals surface area contributed by atoms with Gasteiger partial charge in [0.2, 0.25) is 11.8 Å². The third kappa shape index (κ3) is 6.20. The van der Waals surface area contributed by atoms with E-state index in [-0.39, 0.29) is 35.7 Å². The molecule has 29 heavy (non-hydrogen) atoms. The number of amides is 2. The van der Waals surface area contributed by atoms with Gasteiger partial charge in [0.1, 0.15) is 5.54 Å². The largest absolute Gasteiger partial charge is 0.457 e. The van der Waals surface area contributed by atoms with Crippen molar-refractivity contribution in [2.45, 2.75) is 123 Å². The van der Waals surface area contributed by atoms with E-state index in [1.54, 1.807) is 0 Å². The van der Waals surface area contributed by atoms with Gasteiger partial charge in [0.25, 0.3) is 0 Å². The number of carbonyl (C=O) groups excluding carboxylic acids is 2. The van der Waals surface area contributed by atoms with Crippen molar-refractivity contribution in [3.8, 4) is 0 Å². The zero-order valence-electron chi connectivity index (χ0n) is 19.7. The summed E-state index contributed by atoms with van der Waals surface area (Å²) in [5.74, 6) is 0.123. The molecule has 2 unspecified atom stereocenters. The predicted molar refractivity (Wildman–Crippen MR) is 117 cm³/mol. The highest BCUT2D eigenvalue weighted by molar-refractivity contribution is 6.45. The van der Waals surface area contributed by atoms with Crippen LogP contribution < -0.4 is 10.6 Å². The molecule has 2 aliphatic rings. The van der Waals surface area contributed by atoms with Crippen molar-refractivity contribution in [3.05, 3.63) is 0 Å². The zero-order chi connectivity index (χ0) is 22.1. The van der Waals surface area contributed by atoms with Crippen molar-refractivity contribution in [1.29, 1.82) is 0 Å². The van der Waals surface area contributed by atoms with Gasteiger partial charge in [-0.05, 0) is 73.5 Å². The molecule has 1 aliphatic heterocycles. The maximum atomic E-state index is 13.2. The first kappa shape index (κ1) is 24.2. The van der Waals surface area contributed by atoms with Crippen LogP contribution in [0.4, 0.5) is 0 Å². The third-order valence-electron chi connectivity index (χ3n) is 6.55. The minimum absolute atomic E-state index is 0.0669. The number of hydrogen-bond acceptors (Lipinski definition) is 4. The topological polar surface area (TPSA) is 76.7 Å². The van der Waals surface area contributed by atoms with Crippen LogP contribution in [-0.2, 0) is 18.9 Å². The van der Waals surface area contributed by atoms with Crippen molar-refractivity contribution < 1.29 is 18.9 Å². The predicted octanol–water partition coefficient (Wildman–Crippen LogP) is 3.84. The van der Waals surface area contributed by atoms with Crippen molar-refractivity contribution in [1.82, 2.24) is 10.6 Å². The Hall–Kier alpha value is -1.08. The van der Waals surface area contributed by atoms with Gasteiger partial charge in [-0.2, -0.15) is 0 Å². The molecule has 2 N–H and O–H groups in total. The van der Waals surface area contributed by atoms with Crippen LogP contribution in [0.2, 0.25) is 6.32 Å². The van der Waals surface area contributed by atoms with E-state index < -0.39 is 5.54 Å². The Bertz CT molecular complexity index is 598. The van der Waals surface area contributed by atoms with E-state index >= 15 is 0 Å². The first-order chi connectivity index (χ1) is 13.2. The molecule has 0 bridgehead atoms. The summed E-state index contributed by atoms with van der Waals surface area (Å²) < 4.78 is 12.3. The highest BCUT2D eigenvalue weighted by Crippen LogP contribution is 2.40. The van der Waals surface area contributed by atoms with Crippen LogP contribution in [0.3, 0.4) is 0 Å². The van der Waals surface area contributed by atoms with Crippen molar-refractivity contribution in [2.24, 2.45) is 5.92 Å². The average Bonchev–Trinajstić information content (AvgIpc) is 2.67. The number of rotatable bonds is 5. The molecule has 2 fully saturated rings. The van der Waals surface area contributed by atoms with E-state index in [0.717, 1.165) is 32.0 Å². The molecule has 1 aliphatic carbocycles. The Balaban J connectivity index is 2.09. The maximum absolute atomic E-state index is 13.2. The standard InChI is InChI=1S/C22H41BN2O4/c1-16(26)24-22(18(27)25-19(2,3)4)13-10-9-11-17(15-22)12-14-23-28-20(5,6)21(7,8)29-23/h17H,9-15H2,1-8H3,(H,24,26)(H,25,27). The van der Waals surface area contributed by atoms with Gasteiger partial charge in [0.05, 0.1) is 11.2 Å². The molecule has 1 saturated carbocycles. The van der Waals surface area contributed by atoms with Crippen LogP contribution in [-0.4, -0.2) is 41.2 Å². The number of nitrogens with one attached hydrogen (secondary N) is 2. The molecule has 6 nitrogen and oxygen atoms in total. The molecule has 1 saturated heterocycles. The molecule has 0 aromatic rings. The van der Waals surface area contributed by atoms with Crippen molar-refractivity contribution in [3.63, 3.8) is 0 Å². The second-order valence-electron chi connectivity index (χ2n) is 11.0. The Morgan fingerprint density at radius 3 is 2.17 bits per heavy atom. The van der Waals surface area contributed by atoms with Gasteiger partial charge in [-0.3, -0.25) is 9.59 Å². The molecule has 2 atom stereocenters. The fraction of sp³-hybridized carbons (Fsp3) is 0.909. The average molecular weight is 408 g/mol. The molecule has 0 aromatic heterocycles. The summed E-state index contributed by atoms with van der Waals surface area (Å²) in [5, 5.41) is 6.13. The monoisotopic (exact) mass is 408 g/mol. The summed E-state index contributed by atoms with van der Waals surface area (Å²) in [7, 11) is -0.221. The lowest BCUT2D eigenvalue weighted by Gasteiger charge is -2.37. The fourth-order valence-corrected chi connectivity index (χ4v) is 4.43. The molecule has 7 heteroatoms. The van der Waals surface area contributed by atoms with Gasteiger partial charge in [-0.1, -0.05) is 25.7 Å². The van der Waals surface area contributed by atoms with Crippen LogP contribution in [0.15, 0.2) is 0 Å². The van der Waals surface area contributed by atoms with Crippen LogP contribution in [0.1, 0.15) is 93.9 Å². The van der Waals surface area contributed by atoms with Crippen LogP contribution >= 0.6 is 0 Å². The van der Waals surface area contributed by atoms with E-state index in [2.05, 4.69) is 38.3 Å². The minimum atomic E-state index is -0.837. The van der Waals surface area contributed by atoms with Gasteiger partial charge in [-0.15, -0.1) is 0 Å². The fourth-order valence-electron chi connectivity index (χ4n) is 4.43. The zero-order valence-corrected chi connectivity index (χ0v) is 19.7. The SMILES string of the molecule is CC(=O)NC1(C(=O)NC(C)(C)C)CCCCC(CCB2OC(C)(C)C(C)(C)O2)C1. The molecule has 2 rings (SSSR count). The Labute approximate surface area is 177 Å². The Kier molecular flexibility index (Phi) is 7.16. The number of hydrogen-bond donors (Lipinski definition) is 2. The van der Waals surface area contributed by atoms with E-state index in [4.69, 9.17) is 9.31 Å². The minimum Gasteiger partial charge on any atom is -0.403 e. The van der Waals surface area contributed by atoms with Gasteiger partial charge < -0.3 is 19.9 Å². The lowest BCUT2D eigenvalue weighted by molar-refractivity contribution is -0.135. The molecule has 0 spiro atoms. The Morgan fingerprint density at radius 1 is 1.07 bits per heavy atom. The third-order valence-corrected chi connectivity index (χ3v) is 6.55. The van der Waals surface area contributed by atoms with Crippen LogP contribution in [0, 0.1) is 5.92 Å². The molecular weight excluding hydrogens is 367 g/mol. The summed E-state index contributed by atoms with van der Waals surface area (Å²) in [4.78, 5) is 25.2. The highest BCUT2D eigenvalue weighted by Gasteiger charge is 2.51. The second-order valence-corrected chi connectivity index (χ2v) is 11.0. The summed E-state index contributed by atoms with van der Waals surface area (Å²) in [6.07, 6.45) is 6.12. The van der Waals surface area contributed by atoms with E-state index in [9.17, 15) is 9.59 Å². The van der Waals surface area contributed by atoms with E-state index in [1.165, 1.54) is 6.92 Å². The summed E-state index contributed by atoms with van der Waals surface area (Å²) >= 11 is 0. The van der Waals surface area contributed by atoms with Crippen LogP contribution in [0.25, 0.3) is 0 Å². The second kappa shape index (κ2) is 8.58. The van der Waals surface area contributed by atoms with Gasteiger partial charge in [-0.25, -0.2) is 0 Å². The van der Waals surface area contributed by atoms with Crippen molar-refractivity contribution in [2.75, 3.05) is 0 Å². The Morgan fingerprint density at radius 2 is 1.66 bits per heavy atom. The smallest absolute Gasteiger partial charge is 0.403 e. The normalized spacial score (nSPS) is 29.2. The first-order valence-corrected chi connectivity index (χ1v) is 11.1.